The van der Waals surface area contributed by atoms with Gasteiger partial charge in [0.15, 0.2) is 0 Å². The number of para-hydroxylation sites is 1. The molecule has 10 heteroatoms. The highest BCUT2D eigenvalue weighted by Crippen LogP contribution is 2.26. The molecule has 4 N–H and O–H groups in total. The molecular formula is C17H21N3O6S. The van der Waals surface area contributed by atoms with E-state index in [2.05, 4.69) is 5.32 Å². The van der Waals surface area contributed by atoms with Gasteiger partial charge < -0.3 is 20.9 Å². The lowest BCUT2D eigenvalue weighted by Gasteiger charge is -2.18. The Labute approximate surface area is 160 Å². The van der Waals surface area contributed by atoms with Crippen LogP contribution < -0.4 is 11.1 Å². The van der Waals surface area contributed by atoms with Crippen molar-refractivity contribution in [1.29, 1.82) is 0 Å². The van der Waals surface area contributed by atoms with Crippen molar-refractivity contribution in [3.8, 4) is 5.75 Å². The van der Waals surface area contributed by atoms with E-state index in [1.54, 1.807) is 12.1 Å². The molecule has 0 bridgehead atoms. The second-order valence-electron chi connectivity index (χ2n) is 5.76. The van der Waals surface area contributed by atoms with Crippen molar-refractivity contribution >= 4 is 35.5 Å². The molecule has 2 atom stereocenters. The molecule has 0 aliphatic carbocycles. The number of ether oxygens (including phenoxy) is 1. The Kier molecular flexibility index (Phi) is 7.19. The third kappa shape index (κ3) is 4.98. The molecule has 1 aromatic carbocycles. The summed E-state index contributed by atoms with van der Waals surface area (Å²) in [6.07, 6.45) is 0.0187. The molecule has 27 heavy (non-hydrogen) atoms. The number of nitrogens with zero attached hydrogens (tertiary/aromatic N) is 1. The molecule has 2 rings (SSSR count). The van der Waals surface area contributed by atoms with Crippen molar-refractivity contribution in [2.45, 2.75) is 17.7 Å². The van der Waals surface area contributed by atoms with Gasteiger partial charge in [-0.25, -0.2) is 4.79 Å². The predicted molar refractivity (Wildman–Crippen MR) is 98.0 cm³/mol. The molecule has 1 aromatic rings. The van der Waals surface area contributed by atoms with Crippen LogP contribution in [0, 0.1) is 0 Å². The monoisotopic (exact) mass is 395 g/mol. The third-order valence-electron chi connectivity index (χ3n) is 3.96. The number of carbonyl (C=O) groups excluding carboxylic acids is 4. The number of hydrogen-bond acceptors (Lipinski definition) is 8. The fraction of sp³-hybridized carbons (Fsp3) is 0.412. The molecule has 1 aliphatic heterocycles. The SMILES string of the molecule is COC(=O)C(CSC1CC(=O)N(CCN)C1=O)NC(=O)c1ccccc1O. The van der Waals surface area contributed by atoms with Crippen LogP contribution in [0.1, 0.15) is 16.8 Å². The predicted octanol–water partition coefficient (Wildman–Crippen LogP) is -0.517. The van der Waals surface area contributed by atoms with Gasteiger partial charge in [0.2, 0.25) is 11.8 Å². The number of imide groups is 1. The van der Waals surface area contributed by atoms with E-state index in [0.717, 1.165) is 16.7 Å². The second kappa shape index (κ2) is 9.38. The number of phenols is 1. The molecule has 1 fully saturated rings. The van der Waals surface area contributed by atoms with E-state index in [-0.39, 0.29) is 48.4 Å². The summed E-state index contributed by atoms with van der Waals surface area (Å²) in [5.74, 6) is -2.20. The standard InChI is InChI=1S/C17H21N3O6S/c1-26-17(25)11(19-15(23)10-4-2-3-5-12(10)21)9-27-13-8-14(22)20(7-6-18)16(13)24/h2-5,11,13,21H,6-9,18H2,1H3,(H,19,23). The molecule has 1 saturated heterocycles. The van der Waals surface area contributed by atoms with E-state index in [1.807, 2.05) is 0 Å². The Morgan fingerprint density at radius 1 is 1.41 bits per heavy atom. The zero-order chi connectivity index (χ0) is 20.0. The van der Waals surface area contributed by atoms with Crippen molar-refractivity contribution in [3.63, 3.8) is 0 Å². The largest absolute Gasteiger partial charge is 0.507 e. The number of thioether (sulfide) groups is 1. The number of nitrogens with one attached hydrogen (secondary N) is 1. The lowest BCUT2D eigenvalue weighted by Crippen LogP contribution is -2.44. The maximum atomic E-state index is 12.3. The highest BCUT2D eigenvalue weighted by Gasteiger charge is 2.39. The number of phenolic OH excluding ortho intramolecular Hbond substituents is 1. The van der Waals surface area contributed by atoms with Crippen LogP contribution in [0.3, 0.4) is 0 Å². The maximum Gasteiger partial charge on any atom is 0.329 e. The average molecular weight is 395 g/mol. The average Bonchev–Trinajstić information content (AvgIpc) is 2.92. The zero-order valence-electron chi connectivity index (χ0n) is 14.7. The van der Waals surface area contributed by atoms with Gasteiger partial charge in [-0.2, -0.15) is 0 Å². The number of benzene rings is 1. The number of carbonyl (C=O) groups is 4. The van der Waals surface area contributed by atoms with Crippen LogP contribution in [0.4, 0.5) is 0 Å². The van der Waals surface area contributed by atoms with Crippen LogP contribution in [-0.4, -0.2) is 70.9 Å². The van der Waals surface area contributed by atoms with Crippen LogP contribution >= 0.6 is 11.8 Å². The zero-order valence-corrected chi connectivity index (χ0v) is 15.5. The summed E-state index contributed by atoms with van der Waals surface area (Å²) < 4.78 is 4.69. The van der Waals surface area contributed by atoms with Gasteiger partial charge in [0.1, 0.15) is 11.8 Å². The molecule has 1 aliphatic rings. The molecule has 146 valence electrons. The topological polar surface area (TPSA) is 139 Å². The minimum absolute atomic E-state index is 0.0117. The van der Waals surface area contributed by atoms with Crippen molar-refractivity contribution in [2.24, 2.45) is 5.73 Å². The number of amides is 3. The second-order valence-corrected chi connectivity index (χ2v) is 7.00. The molecule has 1 heterocycles. The first-order valence-electron chi connectivity index (χ1n) is 8.21. The maximum absolute atomic E-state index is 12.3. The molecule has 0 saturated carbocycles. The number of hydrogen-bond donors (Lipinski definition) is 3. The van der Waals surface area contributed by atoms with E-state index < -0.39 is 23.2 Å². The summed E-state index contributed by atoms with van der Waals surface area (Å²) in [5.41, 5.74) is 5.41. The normalized spacial score (nSPS) is 17.7. The Balaban J connectivity index is 2.02. The number of likely N-dealkylation sites (tertiary alicyclic amines) is 1. The van der Waals surface area contributed by atoms with Crippen molar-refractivity contribution in [2.75, 3.05) is 26.0 Å². The van der Waals surface area contributed by atoms with Gasteiger partial charge in [0, 0.05) is 25.3 Å². The number of nitrogens with two attached hydrogens (primary N) is 1. The summed E-state index contributed by atoms with van der Waals surface area (Å²) in [4.78, 5) is 49.5. The van der Waals surface area contributed by atoms with Gasteiger partial charge in [0.25, 0.3) is 5.91 Å². The highest BCUT2D eigenvalue weighted by molar-refractivity contribution is 8.00. The third-order valence-corrected chi connectivity index (χ3v) is 5.26. The van der Waals surface area contributed by atoms with E-state index in [1.165, 1.54) is 19.2 Å². The lowest BCUT2D eigenvalue weighted by molar-refractivity contribution is -0.142. The molecule has 3 amide bonds. The first-order chi connectivity index (χ1) is 12.9. The van der Waals surface area contributed by atoms with Crippen LogP contribution in [0.5, 0.6) is 5.75 Å². The van der Waals surface area contributed by atoms with Crippen molar-refractivity contribution in [1.82, 2.24) is 10.2 Å². The lowest BCUT2D eigenvalue weighted by atomic mass is 10.2. The van der Waals surface area contributed by atoms with E-state index in [4.69, 9.17) is 10.5 Å². The van der Waals surface area contributed by atoms with Crippen LogP contribution in [0.2, 0.25) is 0 Å². The summed E-state index contributed by atoms with van der Waals surface area (Å²) in [5, 5.41) is 11.6. The first-order valence-corrected chi connectivity index (χ1v) is 9.26. The van der Waals surface area contributed by atoms with E-state index in [0.29, 0.717) is 0 Å². The number of esters is 1. The molecule has 0 radical (unpaired) electrons. The number of aromatic hydroxyl groups is 1. The smallest absolute Gasteiger partial charge is 0.329 e. The minimum atomic E-state index is -1.04. The summed E-state index contributed by atoms with van der Waals surface area (Å²) >= 11 is 1.09. The number of rotatable bonds is 8. The van der Waals surface area contributed by atoms with Crippen molar-refractivity contribution in [3.05, 3.63) is 29.8 Å². The van der Waals surface area contributed by atoms with Gasteiger partial charge >= 0.3 is 5.97 Å². The quantitative estimate of drug-likeness (QED) is 0.395. The van der Waals surface area contributed by atoms with Gasteiger partial charge in [0.05, 0.1) is 17.9 Å². The molecule has 0 spiro atoms. The Hall–Kier alpha value is -2.59. The molecule has 2 unspecified atom stereocenters. The van der Waals surface area contributed by atoms with Crippen LogP contribution in [-0.2, 0) is 19.1 Å². The first kappa shape index (κ1) is 20.7. The Morgan fingerprint density at radius 2 is 2.11 bits per heavy atom. The van der Waals surface area contributed by atoms with Gasteiger partial charge in [-0.1, -0.05) is 12.1 Å². The number of methoxy groups -OCH3 is 1. The Morgan fingerprint density at radius 3 is 2.74 bits per heavy atom. The fourth-order valence-electron chi connectivity index (χ4n) is 2.57. The fourth-order valence-corrected chi connectivity index (χ4v) is 3.75. The van der Waals surface area contributed by atoms with Crippen molar-refractivity contribution < 1.29 is 29.0 Å². The van der Waals surface area contributed by atoms with E-state index in [9.17, 15) is 24.3 Å². The summed E-state index contributed by atoms with van der Waals surface area (Å²) in [6.45, 7) is 0.329. The molecule has 9 nitrogen and oxygen atoms in total. The molecular weight excluding hydrogens is 374 g/mol. The van der Waals surface area contributed by atoms with Gasteiger partial charge in [-0.3, -0.25) is 19.3 Å². The van der Waals surface area contributed by atoms with Crippen LogP contribution in [0.25, 0.3) is 0 Å². The molecule has 0 aromatic heterocycles. The van der Waals surface area contributed by atoms with E-state index >= 15 is 0 Å². The van der Waals surface area contributed by atoms with Gasteiger partial charge in [-0.15, -0.1) is 11.8 Å². The Bertz CT molecular complexity index is 741. The minimum Gasteiger partial charge on any atom is -0.507 e. The summed E-state index contributed by atoms with van der Waals surface area (Å²) in [6, 6.07) is 4.86. The van der Waals surface area contributed by atoms with Crippen LogP contribution in [0.15, 0.2) is 24.3 Å². The summed E-state index contributed by atoms with van der Waals surface area (Å²) in [7, 11) is 1.18. The van der Waals surface area contributed by atoms with Gasteiger partial charge in [-0.05, 0) is 12.1 Å². The highest BCUT2D eigenvalue weighted by atomic mass is 32.2.